The van der Waals surface area contributed by atoms with Crippen LogP contribution in [0.25, 0.3) is 11.3 Å². The largest absolute Gasteiger partial charge is 0.375 e. The van der Waals surface area contributed by atoms with Crippen molar-refractivity contribution in [1.29, 1.82) is 0 Å². The van der Waals surface area contributed by atoms with Gasteiger partial charge in [0, 0.05) is 18.0 Å². The Labute approximate surface area is 186 Å². The molecule has 33 heavy (non-hydrogen) atoms. The van der Waals surface area contributed by atoms with Crippen LogP contribution in [0.2, 0.25) is 0 Å². The number of rotatable bonds is 5. The Morgan fingerprint density at radius 2 is 1.97 bits per heavy atom. The fraction of sp³-hybridized carbons (Fsp3) is 0.318. The number of pyridine rings is 1. The van der Waals surface area contributed by atoms with E-state index in [1.807, 2.05) is 0 Å². The topological polar surface area (TPSA) is 106 Å². The first-order valence-electron chi connectivity index (χ1n) is 10.3. The number of nitrogens with zero attached hydrogens (tertiary/aromatic N) is 2. The zero-order valence-corrected chi connectivity index (χ0v) is 17.3. The number of alkyl halides is 1. The van der Waals surface area contributed by atoms with Gasteiger partial charge in [0.1, 0.15) is 35.0 Å². The van der Waals surface area contributed by atoms with Gasteiger partial charge in [0.15, 0.2) is 0 Å². The Morgan fingerprint density at radius 3 is 2.79 bits per heavy atom. The standard InChI is InChI=1S/C22H21F4N5O2/c23-11-1-3-14(24)13(7-11)21-15(25)4-6-18(29-21)22(32)30-20-9-28-31-19(20)8-12-2-5-17(27)16(26)10-33-12/h1,3-4,6-7,9,12,16-17H,2,5,8,10,27H2,(H,28,31)(H,30,32)/t12-,16+,17+/m0/s1. The third kappa shape index (κ3) is 5.20. The molecule has 174 valence electrons. The van der Waals surface area contributed by atoms with Crippen molar-refractivity contribution in [1.82, 2.24) is 15.2 Å². The maximum Gasteiger partial charge on any atom is 0.274 e. The highest BCUT2D eigenvalue weighted by Gasteiger charge is 2.26. The van der Waals surface area contributed by atoms with Crippen molar-refractivity contribution in [3.63, 3.8) is 0 Å². The third-order valence-corrected chi connectivity index (χ3v) is 5.44. The summed E-state index contributed by atoms with van der Waals surface area (Å²) in [6, 6.07) is 4.04. The minimum Gasteiger partial charge on any atom is -0.375 e. The molecule has 0 radical (unpaired) electrons. The molecule has 1 amide bonds. The van der Waals surface area contributed by atoms with E-state index in [0.29, 0.717) is 30.6 Å². The van der Waals surface area contributed by atoms with Gasteiger partial charge >= 0.3 is 0 Å². The number of ether oxygens (including phenoxy) is 1. The highest BCUT2D eigenvalue weighted by Crippen LogP contribution is 2.26. The molecule has 4 N–H and O–H groups in total. The maximum absolute atomic E-state index is 14.3. The Bertz CT molecular complexity index is 1140. The first kappa shape index (κ1) is 22.9. The molecule has 3 heterocycles. The molecule has 2 aromatic heterocycles. The molecule has 0 saturated carbocycles. The number of anilines is 1. The number of carbonyl (C=O) groups is 1. The molecular formula is C22H21F4N5O2. The lowest BCUT2D eigenvalue weighted by Crippen LogP contribution is -2.32. The van der Waals surface area contributed by atoms with Crippen molar-refractivity contribution in [3.05, 3.63) is 65.4 Å². The van der Waals surface area contributed by atoms with Crippen LogP contribution in [0.15, 0.2) is 36.5 Å². The van der Waals surface area contributed by atoms with E-state index in [1.165, 1.54) is 6.20 Å². The van der Waals surface area contributed by atoms with Crippen LogP contribution in [0.3, 0.4) is 0 Å². The number of H-pyrrole nitrogens is 1. The van der Waals surface area contributed by atoms with Crippen LogP contribution >= 0.6 is 0 Å². The maximum atomic E-state index is 14.3. The number of nitrogens with one attached hydrogen (secondary N) is 2. The van der Waals surface area contributed by atoms with E-state index in [2.05, 4.69) is 20.5 Å². The number of benzene rings is 1. The number of aromatic amines is 1. The Morgan fingerprint density at radius 1 is 1.18 bits per heavy atom. The number of aromatic nitrogens is 3. The molecule has 3 aromatic rings. The summed E-state index contributed by atoms with van der Waals surface area (Å²) < 4.78 is 61.2. The van der Waals surface area contributed by atoms with Crippen LogP contribution in [0.1, 0.15) is 29.0 Å². The third-order valence-electron chi connectivity index (χ3n) is 5.44. The van der Waals surface area contributed by atoms with E-state index < -0.39 is 46.8 Å². The van der Waals surface area contributed by atoms with E-state index in [9.17, 15) is 22.4 Å². The van der Waals surface area contributed by atoms with Crippen LogP contribution in [0, 0.1) is 17.5 Å². The van der Waals surface area contributed by atoms with Gasteiger partial charge in [0.25, 0.3) is 5.91 Å². The summed E-state index contributed by atoms with van der Waals surface area (Å²) in [7, 11) is 0. The second-order valence-electron chi connectivity index (χ2n) is 7.78. The number of amides is 1. The molecular weight excluding hydrogens is 442 g/mol. The molecule has 3 atom stereocenters. The second kappa shape index (κ2) is 9.67. The quantitative estimate of drug-likeness (QED) is 0.502. The van der Waals surface area contributed by atoms with E-state index in [1.54, 1.807) is 0 Å². The minimum absolute atomic E-state index is 0.111. The first-order chi connectivity index (χ1) is 15.8. The molecule has 11 heteroatoms. The zero-order valence-electron chi connectivity index (χ0n) is 17.3. The number of hydrogen-bond acceptors (Lipinski definition) is 5. The molecule has 4 rings (SSSR count). The van der Waals surface area contributed by atoms with Crippen LogP contribution in [-0.4, -0.2) is 46.0 Å². The van der Waals surface area contributed by atoms with Gasteiger partial charge in [-0.1, -0.05) is 0 Å². The van der Waals surface area contributed by atoms with Crippen LogP contribution < -0.4 is 11.1 Å². The van der Waals surface area contributed by atoms with Gasteiger partial charge in [-0.15, -0.1) is 0 Å². The van der Waals surface area contributed by atoms with Gasteiger partial charge < -0.3 is 15.8 Å². The van der Waals surface area contributed by atoms with Crippen molar-refractivity contribution in [3.8, 4) is 11.3 Å². The van der Waals surface area contributed by atoms with Crippen LogP contribution in [-0.2, 0) is 11.2 Å². The molecule has 1 saturated heterocycles. The number of carbonyl (C=O) groups excluding carboxylic acids is 1. The Kier molecular flexibility index (Phi) is 6.70. The van der Waals surface area contributed by atoms with Crippen LogP contribution in [0.5, 0.6) is 0 Å². The average Bonchev–Trinajstić information content (AvgIpc) is 3.16. The predicted octanol–water partition coefficient (Wildman–Crippen LogP) is 3.53. The highest BCUT2D eigenvalue weighted by atomic mass is 19.1. The van der Waals surface area contributed by atoms with Gasteiger partial charge in [0.2, 0.25) is 0 Å². The van der Waals surface area contributed by atoms with Crippen molar-refractivity contribution < 1.29 is 27.1 Å². The van der Waals surface area contributed by atoms with Crippen molar-refractivity contribution in [2.24, 2.45) is 5.73 Å². The summed E-state index contributed by atoms with van der Waals surface area (Å²) in [5.74, 6) is -3.26. The minimum atomic E-state index is -1.24. The van der Waals surface area contributed by atoms with Crippen molar-refractivity contribution in [2.75, 3.05) is 11.9 Å². The fourth-order valence-corrected chi connectivity index (χ4v) is 3.58. The van der Waals surface area contributed by atoms with E-state index >= 15 is 0 Å². The number of nitrogens with two attached hydrogens (primary N) is 1. The van der Waals surface area contributed by atoms with Gasteiger partial charge in [-0.05, 0) is 43.2 Å². The van der Waals surface area contributed by atoms with Crippen LogP contribution in [0.4, 0.5) is 23.2 Å². The Balaban J connectivity index is 1.51. The summed E-state index contributed by atoms with van der Waals surface area (Å²) >= 11 is 0. The second-order valence-corrected chi connectivity index (χ2v) is 7.78. The van der Waals surface area contributed by atoms with Gasteiger partial charge in [0.05, 0.1) is 30.3 Å². The molecule has 1 aromatic carbocycles. The van der Waals surface area contributed by atoms with Crippen molar-refractivity contribution >= 4 is 11.6 Å². The molecule has 0 bridgehead atoms. The van der Waals surface area contributed by atoms with Gasteiger partial charge in [-0.25, -0.2) is 22.5 Å². The molecule has 7 nitrogen and oxygen atoms in total. The fourth-order valence-electron chi connectivity index (χ4n) is 3.58. The average molecular weight is 463 g/mol. The van der Waals surface area contributed by atoms with E-state index in [-0.39, 0.29) is 18.4 Å². The molecule has 0 unspecified atom stereocenters. The first-order valence-corrected chi connectivity index (χ1v) is 10.3. The summed E-state index contributed by atoms with van der Waals surface area (Å²) in [6.07, 6.45) is 1.14. The van der Waals surface area contributed by atoms with Gasteiger partial charge in [-0.3, -0.25) is 9.89 Å². The Hall–Kier alpha value is -3.31. The molecule has 1 fully saturated rings. The summed E-state index contributed by atoms with van der Waals surface area (Å²) in [5, 5.41) is 9.31. The van der Waals surface area contributed by atoms with Gasteiger partial charge in [-0.2, -0.15) is 5.10 Å². The molecule has 0 aliphatic carbocycles. The summed E-state index contributed by atoms with van der Waals surface area (Å²) in [4.78, 5) is 16.6. The summed E-state index contributed by atoms with van der Waals surface area (Å²) in [6.45, 7) is -0.111. The monoisotopic (exact) mass is 463 g/mol. The lowest BCUT2D eigenvalue weighted by Gasteiger charge is -2.15. The predicted molar refractivity (Wildman–Crippen MR) is 112 cm³/mol. The normalized spacial score (nSPS) is 20.9. The zero-order chi connectivity index (χ0) is 23.5. The highest BCUT2D eigenvalue weighted by molar-refractivity contribution is 6.03. The number of halogens is 4. The molecule has 1 aliphatic rings. The smallest absolute Gasteiger partial charge is 0.274 e. The lowest BCUT2D eigenvalue weighted by atomic mass is 10.0. The van der Waals surface area contributed by atoms with Crippen molar-refractivity contribution in [2.45, 2.75) is 37.6 Å². The van der Waals surface area contributed by atoms with E-state index in [0.717, 1.165) is 30.3 Å². The SMILES string of the molecule is N[C@@H]1CC[C@@H](Cc2[nH]ncc2NC(=O)c2ccc(F)c(-c3cc(F)ccc3F)n2)OC[C@H]1F. The lowest BCUT2D eigenvalue weighted by molar-refractivity contribution is 0.0295. The number of hydrogen-bond donors (Lipinski definition) is 3. The molecule has 0 spiro atoms. The summed E-state index contributed by atoms with van der Waals surface area (Å²) in [5.41, 5.74) is 5.52. The molecule has 1 aliphatic heterocycles. The van der Waals surface area contributed by atoms with E-state index in [4.69, 9.17) is 10.5 Å².